The molecule has 20 heavy (non-hydrogen) atoms. The summed E-state index contributed by atoms with van der Waals surface area (Å²) in [5.41, 5.74) is 0. The SMILES string of the molecule is CC/C=C/CCCCCCCC[N+](C)(C)CC(O)CC. The van der Waals surface area contributed by atoms with E-state index in [1.54, 1.807) is 0 Å². The first kappa shape index (κ1) is 19.7. The van der Waals surface area contributed by atoms with Crippen LogP contribution in [0.15, 0.2) is 12.2 Å². The highest BCUT2D eigenvalue weighted by Crippen LogP contribution is 2.10. The summed E-state index contributed by atoms with van der Waals surface area (Å²) in [5.74, 6) is 0. The van der Waals surface area contributed by atoms with Crippen LogP contribution in [0.5, 0.6) is 0 Å². The molecule has 0 rings (SSSR count). The second-order valence-electron chi connectivity index (χ2n) is 6.69. The first-order chi connectivity index (χ1) is 9.52. The van der Waals surface area contributed by atoms with Gasteiger partial charge in [0, 0.05) is 0 Å². The lowest BCUT2D eigenvalue weighted by Gasteiger charge is -2.31. The van der Waals surface area contributed by atoms with Gasteiger partial charge in [-0.3, -0.25) is 0 Å². The van der Waals surface area contributed by atoms with Crippen molar-refractivity contribution in [2.24, 2.45) is 0 Å². The summed E-state index contributed by atoms with van der Waals surface area (Å²) in [7, 11) is 4.47. The number of unbranched alkanes of at least 4 members (excludes halogenated alkanes) is 6. The molecule has 0 saturated heterocycles. The van der Waals surface area contributed by atoms with Crippen molar-refractivity contribution < 1.29 is 9.59 Å². The summed E-state index contributed by atoms with van der Waals surface area (Å²) in [5, 5.41) is 9.73. The molecular weight excluding hydrogens is 246 g/mol. The highest BCUT2D eigenvalue weighted by atomic mass is 16.3. The van der Waals surface area contributed by atoms with E-state index >= 15 is 0 Å². The molecule has 120 valence electrons. The van der Waals surface area contributed by atoms with E-state index in [0.717, 1.165) is 17.4 Å². The highest BCUT2D eigenvalue weighted by Gasteiger charge is 2.18. The molecular formula is C18H38NO+. The predicted molar refractivity (Wildman–Crippen MR) is 89.9 cm³/mol. The summed E-state index contributed by atoms with van der Waals surface area (Å²) in [6.45, 7) is 6.33. The van der Waals surface area contributed by atoms with Gasteiger partial charge in [-0.05, 0) is 38.5 Å². The van der Waals surface area contributed by atoms with Crippen molar-refractivity contribution in [2.45, 2.75) is 77.7 Å². The Morgan fingerprint density at radius 1 is 0.900 bits per heavy atom. The molecule has 1 atom stereocenters. The Balaban J connectivity index is 3.40. The lowest BCUT2D eigenvalue weighted by molar-refractivity contribution is -0.893. The molecule has 0 aliphatic carbocycles. The monoisotopic (exact) mass is 284 g/mol. The minimum Gasteiger partial charge on any atom is -0.387 e. The Morgan fingerprint density at radius 3 is 2.10 bits per heavy atom. The number of quaternary nitrogens is 1. The molecule has 0 heterocycles. The summed E-state index contributed by atoms with van der Waals surface area (Å²) in [6, 6.07) is 0. The number of likely N-dealkylation sites (N-methyl/N-ethyl adjacent to an activating group) is 1. The van der Waals surface area contributed by atoms with Crippen LogP contribution in [0.4, 0.5) is 0 Å². The number of hydrogen-bond donors (Lipinski definition) is 1. The van der Waals surface area contributed by atoms with Gasteiger partial charge in [-0.2, -0.15) is 0 Å². The minimum atomic E-state index is -0.138. The van der Waals surface area contributed by atoms with Crippen LogP contribution in [0.3, 0.4) is 0 Å². The zero-order valence-electron chi connectivity index (χ0n) is 14.4. The second kappa shape index (κ2) is 12.4. The molecule has 1 N–H and O–H groups in total. The third kappa shape index (κ3) is 12.7. The number of allylic oxidation sites excluding steroid dienone is 2. The molecule has 0 aromatic heterocycles. The van der Waals surface area contributed by atoms with Crippen molar-refractivity contribution >= 4 is 0 Å². The summed E-state index contributed by atoms with van der Waals surface area (Å²) in [6.07, 6.45) is 15.8. The molecule has 0 amide bonds. The smallest absolute Gasteiger partial charge is 0.105 e. The maximum atomic E-state index is 9.73. The molecule has 0 saturated carbocycles. The van der Waals surface area contributed by atoms with Crippen molar-refractivity contribution in [1.82, 2.24) is 0 Å². The van der Waals surface area contributed by atoms with Crippen LogP contribution in [-0.4, -0.2) is 42.9 Å². The van der Waals surface area contributed by atoms with Gasteiger partial charge >= 0.3 is 0 Å². The van der Waals surface area contributed by atoms with E-state index < -0.39 is 0 Å². The molecule has 0 aliphatic rings. The Bertz CT molecular complexity index is 236. The largest absolute Gasteiger partial charge is 0.387 e. The van der Waals surface area contributed by atoms with E-state index in [1.807, 2.05) is 0 Å². The topological polar surface area (TPSA) is 20.2 Å². The van der Waals surface area contributed by atoms with Crippen molar-refractivity contribution in [2.75, 3.05) is 27.2 Å². The molecule has 0 aromatic carbocycles. The Morgan fingerprint density at radius 2 is 1.50 bits per heavy atom. The van der Waals surface area contributed by atoms with Gasteiger partial charge in [0.15, 0.2) is 0 Å². The fourth-order valence-electron chi connectivity index (χ4n) is 2.58. The van der Waals surface area contributed by atoms with Gasteiger partial charge in [0.25, 0.3) is 0 Å². The van der Waals surface area contributed by atoms with Crippen molar-refractivity contribution in [3.05, 3.63) is 12.2 Å². The fraction of sp³-hybridized carbons (Fsp3) is 0.889. The second-order valence-corrected chi connectivity index (χ2v) is 6.69. The van der Waals surface area contributed by atoms with Crippen LogP contribution < -0.4 is 0 Å². The summed E-state index contributed by atoms with van der Waals surface area (Å²) < 4.78 is 0.955. The molecule has 2 heteroatoms. The molecule has 0 aliphatic heterocycles. The molecule has 0 aromatic rings. The normalized spacial score (nSPS) is 14.1. The Kier molecular flexibility index (Phi) is 12.2. The molecule has 0 radical (unpaired) electrons. The van der Waals surface area contributed by atoms with E-state index in [1.165, 1.54) is 57.9 Å². The number of rotatable bonds is 13. The average Bonchev–Trinajstić information content (AvgIpc) is 2.40. The summed E-state index contributed by atoms with van der Waals surface area (Å²) >= 11 is 0. The van der Waals surface area contributed by atoms with Crippen LogP contribution in [0.1, 0.15) is 71.6 Å². The molecule has 0 bridgehead atoms. The number of aliphatic hydroxyl groups excluding tert-OH is 1. The molecule has 1 unspecified atom stereocenters. The van der Waals surface area contributed by atoms with Gasteiger partial charge in [0.05, 0.1) is 20.6 Å². The van der Waals surface area contributed by atoms with Gasteiger partial charge in [0.1, 0.15) is 12.6 Å². The van der Waals surface area contributed by atoms with E-state index in [2.05, 4.69) is 40.1 Å². The zero-order chi connectivity index (χ0) is 15.3. The maximum Gasteiger partial charge on any atom is 0.105 e. The Labute approximate surface area is 127 Å². The number of hydrogen-bond acceptors (Lipinski definition) is 1. The van der Waals surface area contributed by atoms with E-state index in [-0.39, 0.29) is 6.10 Å². The van der Waals surface area contributed by atoms with Crippen molar-refractivity contribution in [3.63, 3.8) is 0 Å². The number of nitrogens with zero attached hydrogens (tertiary/aromatic N) is 1. The summed E-state index contributed by atoms with van der Waals surface area (Å²) in [4.78, 5) is 0. The van der Waals surface area contributed by atoms with Crippen LogP contribution in [0, 0.1) is 0 Å². The van der Waals surface area contributed by atoms with Gasteiger partial charge in [-0.15, -0.1) is 0 Å². The quantitative estimate of drug-likeness (QED) is 0.299. The standard InChI is InChI=1S/C18H38NO/c1-5-7-8-9-10-11-12-13-14-15-16-19(3,4)17-18(20)6-2/h7-8,18,20H,5-6,9-17H2,1-4H3/q+1/b8-7+. The minimum absolute atomic E-state index is 0.138. The van der Waals surface area contributed by atoms with E-state index in [9.17, 15) is 5.11 Å². The molecule has 2 nitrogen and oxygen atoms in total. The van der Waals surface area contributed by atoms with Gasteiger partial charge < -0.3 is 9.59 Å². The van der Waals surface area contributed by atoms with Crippen LogP contribution in [0.25, 0.3) is 0 Å². The highest BCUT2D eigenvalue weighted by molar-refractivity contribution is 4.79. The average molecular weight is 285 g/mol. The van der Waals surface area contributed by atoms with Gasteiger partial charge in [0.2, 0.25) is 0 Å². The van der Waals surface area contributed by atoms with Crippen LogP contribution in [-0.2, 0) is 0 Å². The van der Waals surface area contributed by atoms with Crippen LogP contribution in [0.2, 0.25) is 0 Å². The van der Waals surface area contributed by atoms with Crippen molar-refractivity contribution in [1.29, 1.82) is 0 Å². The van der Waals surface area contributed by atoms with E-state index in [0.29, 0.717) is 0 Å². The third-order valence-electron chi connectivity index (χ3n) is 3.96. The maximum absolute atomic E-state index is 9.73. The van der Waals surface area contributed by atoms with Crippen molar-refractivity contribution in [3.8, 4) is 0 Å². The first-order valence-corrected chi connectivity index (χ1v) is 8.67. The van der Waals surface area contributed by atoms with Gasteiger partial charge in [-0.1, -0.05) is 45.3 Å². The van der Waals surface area contributed by atoms with Crippen LogP contribution >= 0.6 is 0 Å². The predicted octanol–water partition coefficient (Wildman–Crippen LogP) is 4.53. The molecule has 0 spiro atoms. The molecule has 0 fully saturated rings. The third-order valence-corrected chi connectivity index (χ3v) is 3.96. The fourth-order valence-corrected chi connectivity index (χ4v) is 2.58. The van der Waals surface area contributed by atoms with Gasteiger partial charge in [-0.25, -0.2) is 0 Å². The lowest BCUT2D eigenvalue weighted by atomic mass is 10.1. The Hall–Kier alpha value is -0.340. The first-order valence-electron chi connectivity index (χ1n) is 8.67. The zero-order valence-corrected chi connectivity index (χ0v) is 14.4. The van der Waals surface area contributed by atoms with E-state index in [4.69, 9.17) is 0 Å². The number of aliphatic hydroxyl groups is 1. The lowest BCUT2D eigenvalue weighted by Crippen LogP contribution is -2.45.